The topological polar surface area (TPSA) is 24.9 Å². The van der Waals surface area contributed by atoms with Crippen LogP contribution in [0.1, 0.15) is 11.3 Å². The molecule has 0 aromatic carbocycles. The average Bonchev–Trinajstić information content (AvgIpc) is 2.67. The fourth-order valence-corrected chi connectivity index (χ4v) is 2.43. The molecule has 0 radical (unpaired) electrons. The van der Waals surface area contributed by atoms with E-state index in [1.54, 1.807) is 11.3 Å². The predicted octanol–water partition coefficient (Wildman–Crippen LogP) is 2.84. The molecule has 15 heavy (non-hydrogen) atoms. The number of rotatable bonds is 3. The van der Waals surface area contributed by atoms with Crippen LogP contribution in [-0.2, 0) is 6.54 Å². The van der Waals surface area contributed by atoms with Gasteiger partial charge in [-0.25, -0.2) is 0 Å². The van der Waals surface area contributed by atoms with Crippen molar-refractivity contribution in [2.24, 2.45) is 0 Å². The zero-order chi connectivity index (χ0) is 10.7. The maximum atomic E-state index is 4.20. The Morgan fingerprint density at radius 1 is 1.40 bits per heavy atom. The van der Waals surface area contributed by atoms with Gasteiger partial charge in [-0.15, -0.1) is 11.3 Å². The van der Waals surface area contributed by atoms with Gasteiger partial charge in [-0.3, -0.25) is 4.98 Å². The first-order valence-electron chi connectivity index (χ1n) is 4.94. The van der Waals surface area contributed by atoms with E-state index >= 15 is 0 Å². The molecule has 1 N–H and O–H groups in total. The summed E-state index contributed by atoms with van der Waals surface area (Å²) in [6.07, 6.45) is 1.86. The number of nitrogens with zero attached hydrogens (tertiary/aromatic N) is 1. The molecular formula is C12H14N2S. The Morgan fingerprint density at radius 3 is 3.00 bits per heavy atom. The zero-order valence-corrected chi connectivity index (χ0v) is 9.77. The quantitative estimate of drug-likeness (QED) is 0.857. The van der Waals surface area contributed by atoms with Gasteiger partial charge in [0.25, 0.3) is 0 Å². The van der Waals surface area contributed by atoms with Gasteiger partial charge in [-0.05, 0) is 48.7 Å². The van der Waals surface area contributed by atoms with Crippen LogP contribution in [0.3, 0.4) is 0 Å². The first-order chi connectivity index (χ1) is 7.29. The molecule has 0 saturated carbocycles. The third kappa shape index (κ3) is 2.43. The molecule has 2 heterocycles. The Kier molecular flexibility index (Phi) is 3.14. The number of nitrogens with one attached hydrogen (secondary N) is 1. The van der Waals surface area contributed by atoms with Crippen LogP contribution in [0, 0.1) is 6.92 Å². The largest absolute Gasteiger partial charge is 0.316 e. The summed E-state index contributed by atoms with van der Waals surface area (Å²) in [5.74, 6) is 0. The molecule has 0 amide bonds. The van der Waals surface area contributed by atoms with E-state index in [-0.39, 0.29) is 0 Å². The molecule has 0 unspecified atom stereocenters. The highest BCUT2D eigenvalue weighted by molar-refractivity contribution is 7.13. The number of hydrogen-bond acceptors (Lipinski definition) is 3. The third-order valence-electron chi connectivity index (χ3n) is 2.22. The maximum Gasteiger partial charge on any atom is 0.0379 e. The highest BCUT2D eigenvalue weighted by Crippen LogP contribution is 2.27. The van der Waals surface area contributed by atoms with Crippen molar-refractivity contribution in [2.75, 3.05) is 7.05 Å². The van der Waals surface area contributed by atoms with E-state index in [9.17, 15) is 0 Å². The fourth-order valence-electron chi connectivity index (χ4n) is 1.52. The highest BCUT2D eigenvalue weighted by Gasteiger charge is 2.02. The van der Waals surface area contributed by atoms with Crippen molar-refractivity contribution in [3.05, 3.63) is 41.0 Å². The minimum absolute atomic E-state index is 0.931. The van der Waals surface area contributed by atoms with Crippen LogP contribution in [0.2, 0.25) is 0 Å². The van der Waals surface area contributed by atoms with Gasteiger partial charge < -0.3 is 5.32 Å². The molecule has 0 aliphatic carbocycles. The van der Waals surface area contributed by atoms with Crippen LogP contribution in [0.5, 0.6) is 0 Å². The third-order valence-corrected chi connectivity index (χ3v) is 3.24. The summed E-state index contributed by atoms with van der Waals surface area (Å²) in [4.78, 5) is 5.51. The first-order valence-corrected chi connectivity index (χ1v) is 5.82. The van der Waals surface area contributed by atoms with Gasteiger partial charge in [0.1, 0.15) is 0 Å². The zero-order valence-electron chi connectivity index (χ0n) is 8.95. The summed E-state index contributed by atoms with van der Waals surface area (Å²) in [5, 5.41) is 5.35. The molecular weight excluding hydrogens is 204 g/mol. The molecule has 0 aliphatic heterocycles. The van der Waals surface area contributed by atoms with Crippen molar-refractivity contribution in [2.45, 2.75) is 13.5 Å². The molecule has 0 spiro atoms. The first kappa shape index (κ1) is 10.3. The molecule has 2 aromatic heterocycles. The van der Waals surface area contributed by atoms with E-state index in [0.29, 0.717) is 0 Å². The van der Waals surface area contributed by atoms with Gasteiger partial charge in [0, 0.05) is 23.3 Å². The molecule has 0 saturated heterocycles. The predicted molar refractivity (Wildman–Crippen MR) is 65.1 cm³/mol. The van der Waals surface area contributed by atoms with Crippen molar-refractivity contribution in [1.82, 2.24) is 10.3 Å². The summed E-state index contributed by atoms with van der Waals surface area (Å²) >= 11 is 1.78. The van der Waals surface area contributed by atoms with Crippen LogP contribution in [0.4, 0.5) is 0 Å². The molecule has 2 aromatic rings. The van der Waals surface area contributed by atoms with Gasteiger partial charge in [0.15, 0.2) is 0 Å². The Labute approximate surface area is 94.0 Å². The number of pyridine rings is 1. The van der Waals surface area contributed by atoms with Gasteiger partial charge in [0.2, 0.25) is 0 Å². The van der Waals surface area contributed by atoms with Crippen LogP contribution < -0.4 is 5.32 Å². The smallest absolute Gasteiger partial charge is 0.0379 e. The second kappa shape index (κ2) is 4.55. The van der Waals surface area contributed by atoms with Crippen LogP contribution in [-0.4, -0.2) is 12.0 Å². The summed E-state index contributed by atoms with van der Waals surface area (Å²) in [5.41, 5.74) is 3.66. The number of aromatic nitrogens is 1. The lowest BCUT2D eigenvalue weighted by Gasteiger charge is -1.97. The summed E-state index contributed by atoms with van der Waals surface area (Å²) in [6, 6.07) is 6.41. The van der Waals surface area contributed by atoms with Crippen LogP contribution >= 0.6 is 11.3 Å². The number of thiophene rings is 1. The number of aryl methyl sites for hydroxylation is 1. The van der Waals surface area contributed by atoms with E-state index in [4.69, 9.17) is 0 Å². The van der Waals surface area contributed by atoms with E-state index < -0.39 is 0 Å². The Morgan fingerprint density at radius 2 is 2.27 bits per heavy atom. The van der Waals surface area contributed by atoms with Gasteiger partial charge in [-0.1, -0.05) is 0 Å². The lowest BCUT2D eigenvalue weighted by molar-refractivity contribution is 0.821. The Bertz CT molecular complexity index is 448. The van der Waals surface area contributed by atoms with E-state index in [2.05, 4.69) is 33.9 Å². The van der Waals surface area contributed by atoms with Crippen LogP contribution in [0.25, 0.3) is 10.4 Å². The standard InChI is InChI=1S/C12H14N2S/c1-9-5-11(3-4-14-9)12-6-10(7-13-2)8-15-12/h3-6,8,13H,7H2,1-2H3. The highest BCUT2D eigenvalue weighted by atomic mass is 32.1. The molecule has 78 valence electrons. The van der Waals surface area contributed by atoms with Crippen LogP contribution in [0.15, 0.2) is 29.8 Å². The lowest BCUT2D eigenvalue weighted by atomic mass is 10.2. The van der Waals surface area contributed by atoms with Gasteiger partial charge >= 0.3 is 0 Å². The SMILES string of the molecule is CNCc1csc(-c2ccnc(C)c2)c1. The lowest BCUT2D eigenvalue weighted by Crippen LogP contribution is -2.03. The Balaban J connectivity index is 2.29. The van der Waals surface area contributed by atoms with Crippen molar-refractivity contribution >= 4 is 11.3 Å². The average molecular weight is 218 g/mol. The monoisotopic (exact) mass is 218 g/mol. The Hall–Kier alpha value is -1.19. The van der Waals surface area contributed by atoms with E-state index in [0.717, 1.165) is 12.2 Å². The van der Waals surface area contributed by atoms with E-state index in [1.807, 2.05) is 20.2 Å². The molecule has 2 rings (SSSR count). The molecule has 2 nitrogen and oxygen atoms in total. The minimum Gasteiger partial charge on any atom is -0.316 e. The molecule has 0 aliphatic rings. The molecule has 0 fully saturated rings. The second-order valence-corrected chi connectivity index (χ2v) is 4.45. The second-order valence-electron chi connectivity index (χ2n) is 3.54. The van der Waals surface area contributed by atoms with Gasteiger partial charge in [0.05, 0.1) is 0 Å². The van der Waals surface area contributed by atoms with Crippen molar-refractivity contribution in [3.8, 4) is 10.4 Å². The van der Waals surface area contributed by atoms with Crippen molar-refractivity contribution in [3.63, 3.8) is 0 Å². The normalized spacial score (nSPS) is 10.5. The summed E-state index contributed by atoms with van der Waals surface area (Å²) < 4.78 is 0. The summed E-state index contributed by atoms with van der Waals surface area (Å²) in [7, 11) is 1.97. The maximum absolute atomic E-state index is 4.20. The minimum atomic E-state index is 0.931. The molecule has 0 atom stereocenters. The van der Waals surface area contributed by atoms with E-state index in [1.165, 1.54) is 16.0 Å². The van der Waals surface area contributed by atoms with Crippen molar-refractivity contribution < 1.29 is 0 Å². The summed E-state index contributed by atoms with van der Waals surface area (Å²) in [6.45, 7) is 2.95. The molecule has 0 bridgehead atoms. The van der Waals surface area contributed by atoms with Crippen molar-refractivity contribution in [1.29, 1.82) is 0 Å². The number of hydrogen-bond donors (Lipinski definition) is 1. The molecule has 3 heteroatoms. The van der Waals surface area contributed by atoms with Gasteiger partial charge in [-0.2, -0.15) is 0 Å². The fraction of sp³-hybridized carbons (Fsp3) is 0.250.